The van der Waals surface area contributed by atoms with Crippen molar-refractivity contribution in [2.75, 3.05) is 6.61 Å². The molecule has 1 aromatic carbocycles. The Labute approximate surface area is 100.0 Å². The molecule has 1 atom stereocenters. The monoisotopic (exact) mass is 233 g/mol. The molecule has 1 aromatic heterocycles. The van der Waals surface area contributed by atoms with Crippen LogP contribution < -0.4 is 0 Å². The van der Waals surface area contributed by atoms with Crippen molar-refractivity contribution in [1.82, 2.24) is 4.57 Å². The van der Waals surface area contributed by atoms with E-state index in [-0.39, 0.29) is 11.9 Å². The first-order chi connectivity index (χ1) is 8.33. The highest BCUT2D eigenvalue weighted by atomic mass is 19.1. The van der Waals surface area contributed by atoms with Crippen molar-refractivity contribution < 1.29 is 9.13 Å². The van der Waals surface area contributed by atoms with E-state index >= 15 is 0 Å². The van der Waals surface area contributed by atoms with Gasteiger partial charge in [-0.2, -0.15) is 0 Å². The Morgan fingerprint density at radius 2 is 2.24 bits per heavy atom. The van der Waals surface area contributed by atoms with E-state index < -0.39 is 0 Å². The summed E-state index contributed by atoms with van der Waals surface area (Å²) in [6, 6.07) is 6.95. The first-order valence-electron chi connectivity index (χ1n) is 6.19. The van der Waals surface area contributed by atoms with Crippen LogP contribution in [0, 0.1) is 5.82 Å². The molecule has 0 amide bonds. The third-order valence-corrected chi connectivity index (χ3v) is 3.41. The van der Waals surface area contributed by atoms with Crippen molar-refractivity contribution in [2.45, 2.75) is 31.9 Å². The van der Waals surface area contributed by atoms with E-state index in [2.05, 4.69) is 4.57 Å². The molecule has 2 aromatic rings. The molecule has 2 heterocycles. The zero-order valence-corrected chi connectivity index (χ0v) is 9.73. The Hall–Kier alpha value is -1.35. The number of aromatic nitrogens is 1. The Morgan fingerprint density at radius 1 is 1.29 bits per heavy atom. The molecule has 0 aliphatic carbocycles. The van der Waals surface area contributed by atoms with Gasteiger partial charge in [0.05, 0.1) is 11.6 Å². The highest BCUT2D eigenvalue weighted by Crippen LogP contribution is 2.20. The fourth-order valence-electron chi connectivity index (χ4n) is 2.49. The molecule has 0 radical (unpaired) electrons. The molecule has 0 bridgehead atoms. The maximum atomic E-state index is 13.2. The van der Waals surface area contributed by atoms with Crippen LogP contribution in [-0.2, 0) is 11.3 Å². The number of ether oxygens (including phenoxy) is 1. The molecule has 17 heavy (non-hydrogen) atoms. The van der Waals surface area contributed by atoms with Crippen LogP contribution in [0.25, 0.3) is 10.9 Å². The molecule has 90 valence electrons. The smallest absolute Gasteiger partial charge is 0.125 e. The number of hydrogen-bond donors (Lipinski definition) is 0. The van der Waals surface area contributed by atoms with Crippen LogP contribution >= 0.6 is 0 Å². The van der Waals surface area contributed by atoms with E-state index in [1.807, 2.05) is 18.3 Å². The standard InChI is InChI=1S/C14H16FNO/c15-12-5-4-11-6-7-16(14(11)9-12)10-13-3-1-2-8-17-13/h4-7,9,13H,1-3,8,10H2. The molecule has 3 rings (SSSR count). The van der Waals surface area contributed by atoms with E-state index in [9.17, 15) is 4.39 Å². The summed E-state index contributed by atoms with van der Waals surface area (Å²) >= 11 is 0. The Kier molecular flexibility index (Phi) is 2.85. The third kappa shape index (κ3) is 2.20. The van der Waals surface area contributed by atoms with Crippen molar-refractivity contribution in [2.24, 2.45) is 0 Å². The topological polar surface area (TPSA) is 14.2 Å². The van der Waals surface area contributed by atoms with Gasteiger partial charge >= 0.3 is 0 Å². The number of rotatable bonds is 2. The highest BCUT2D eigenvalue weighted by molar-refractivity contribution is 5.80. The molecule has 3 heteroatoms. The largest absolute Gasteiger partial charge is 0.376 e. The summed E-state index contributed by atoms with van der Waals surface area (Å²) in [7, 11) is 0. The first-order valence-corrected chi connectivity index (χ1v) is 6.19. The van der Waals surface area contributed by atoms with Crippen LogP contribution in [-0.4, -0.2) is 17.3 Å². The van der Waals surface area contributed by atoms with Gasteiger partial charge in [-0.3, -0.25) is 0 Å². The molecule has 2 nitrogen and oxygen atoms in total. The van der Waals surface area contributed by atoms with Crippen molar-refractivity contribution in [3.8, 4) is 0 Å². The molecule has 0 N–H and O–H groups in total. The minimum atomic E-state index is -0.179. The maximum absolute atomic E-state index is 13.2. The van der Waals surface area contributed by atoms with Crippen molar-refractivity contribution in [3.63, 3.8) is 0 Å². The summed E-state index contributed by atoms with van der Waals surface area (Å²) in [5, 5.41) is 1.09. The lowest BCUT2D eigenvalue weighted by molar-refractivity contribution is 0.00669. The summed E-state index contributed by atoms with van der Waals surface area (Å²) in [5.74, 6) is -0.179. The molecule has 0 saturated carbocycles. The molecular formula is C14H16FNO. The second-order valence-corrected chi connectivity index (χ2v) is 4.66. The van der Waals surface area contributed by atoms with E-state index in [4.69, 9.17) is 4.74 Å². The van der Waals surface area contributed by atoms with E-state index in [0.29, 0.717) is 0 Å². The van der Waals surface area contributed by atoms with Crippen LogP contribution in [0.2, 0.25) is 0 Å². The minimum Gasteiger partial charge on any atom is -0.376 e. The second-order valence-electron chi connectivity index (χ2n) is 4.66. The minimum absolute atomic E-state index is 0.179. The van der Waals surface area contributed by atoms with Gasteiger partial charge in [-0.25, -0.2) is 4.39 Å². The first kappa shape index (κ1) is 10.8. The zero-order chi connectivity index (χ0) is 11.7. The van der Waals surface area contributed by atoms with Gasteiger partial charge in [0.1, 0.15) is 5.82 Å². The van der Waals surface area contributed by atoms with Crippen molar-refractivity contribution in [1.29, 1.82) is 0 Å². The molecule has 1 fully saturated rings. The van der Waals surface area contributed by atoms with E-state index in [1.165, 1.54) is 12.5 Å². The van der Waals surface area contributed by atoms with Gasteiger partial charge in [-0.1, -0.05) is 0 Å². The summed E-state index contributed by atoms with van der Waals surface area (Å²) in [6.07, 6.45) is 5.80. The van der Waals surface area contributed by atoms with Gasteiger partial charge in [-0.15, -0.1) is 0 Å². The molecule has 1 saturated heterocycles. The highest BCUT2D eigenvalue weighted by Gasteiger charge is 2.15. The number of halogens is 1. The lowest BCUT2D eigenvalue weighted by Crippen LogP contribution is -2.24. The van der Waals surface area contributed by atoms with E-state index in [0.717, 1.165) is 36.9 Å². The normalized spacial score (nSPS) is 20.9. The zero-order valence-electron chi connectivity index (χ0n) is 9.73. The van der Waals surface area contributed by atoms with Gasteiger partial charge in [0, 0.05) is 19.3 Å². The van der Waals surface area contributed by atoms with Crippen LogP contribution in [0.3, 0.4) is 0 Å². The fraction of sp³-hybridized carbons (Fsp3) is 0.429. The Morgan fingerprint density at radius 3 is 3.06 bits per heavy atom. The predicted octanol–water partition coefficient (Wildman–Crippen LogP) is 3.35. The second kappa shape index (κ2) is 4.49. The maximum Gasteiger partial charge on any atom is 0.125 e. The predicted molar refractivity (Wildman–Crippen MR) is 65.5 cm³/mol. The Balaban J connectivity index is 1.86. The van der Waals surface area contributed by atoms with Crippen LogP contribution in [0.4, 0.5) is 4.39 Å². The number of hydrogen-bond acceptors (Lipinski definition) is 1. The molecule has 0 spiro atoms. The SMILES string of the molecule is Fc1ccc2ccn(CC3CCCCO3)c2c1. The summed E-state index contributed by atoms with van der Waals surface area (Å²) < 4.78 is 21.0. The van der Waals surface area contributed by atoms with Crippen molar-refractivity contribution in [3.05, 3.63) is 36.3 Å². The molecule has 1 unspecified atom stereocenters. The van der Waals surface area contributed by atoms with Crippen LogP contribution in [0.5, 0.6) is 0 Å². The van der Waals surface area contributed by atoms with Crippen molar-refractivity contribution >= 4 is 10.9 Å². The van der Waals surface area contributed by atoms with Crippen LogP contribution in [0.15, 0.2) is 30.5 Å². The summed E-state index contributed by atoms with van der Waals surface area (Å²) in [6.45, 7) is 1.69. The fourth-order valence-corrected chi connectivity index (χ4v) is 2.49. The van der Waals surface area contributed by atoms with Gasteiger partial charge in [0.25, 0.3) is 0 Å². The quantitative estimate of drug-likeness (QED) is 0.776. The van der Waals surface area contributed by atoms with Crippen LogP contribution in [0.1, 0.15) is 19.3 Å². The van der Waals surface area contributed by atoms with Gasteiger partial charge in [0.15, 0.2) is 0 Å². The number of nitrogens with zero attached hydrogens (tertiary/aromatic N) is 1. The Bertz CT molecular complexity index is 514. The molecular weight excluding hydrogens is 217 g/mol. The van der Waals surface area contributed by atoms with E-state index in [1.54, 1.807) is 6.07 Å². The number of fused-ring (bicyclic) bond motifs is 1. The summed E-state index contributed by atoms with van der Waals surface area (Å²) in [4.78, 5) is 0. The van der Waals surface area contributed by atoms with Gasteiger partial charge < -0.3 is 9.30 Å². The lowest BCUT2D eigenvalue weighted by Gasteiger charge is -2.23. The van der Waals surface area contributed by atoms with Gasteiger partial charge in [0.2, 0.25) is 0 Å². The average Bonchev–Trinajstić information content (AvgIpc) is 2.73. The molecule has 1 aliphatic rings. The van der Waals surface area contributed by atoms with Gasteiger partial charge in [-0.05, 0) is 48.9 Å². The average molecular weight is 233 g/mol. The lowest BCUT2D eigenvalue weighted by atomic mass is 10.1. The molecule has 1 aliphatic heterocycles. The number of benzene rings is 1. The third-order valence-electron chi connectivity index (χ3n) is 3.41. The summed E-state index contributed by atoms with van der Waals surface area (Å²) in [5.41, 5.74) is 0.958.